The van der Waals surface area contributed by atoms with Gasteiger partial charge in [0.05, 0.1) is 4.92 Å². The van der Waals surface area contributed by atoms with Crippen LogP contribution in [0, 0.1) is 10.1 Å². The fraction of sp³-hybridized carbons (Fsp3) is 0.429. The van der Waals surface area contributed by atoms with Crippen molar-refractivity contribution in [3.05, 3.63) is 39.6 Å². The molecule has 0 N–H and O–H groups in total. The number of nitrogens with zero attached hydrogens (tertiary/aromatic N) is 2. The van der Waals surface area contributed by atoms with Crippen LogP contribution in [0.3, 0.4) is 0 Å². The highest BCUT2D eigenvalue weighted by molar-refractivity contribution is 5.90. The first-order chi connectivity index (χ1) is 9.00. The summed E-state index contributed by atoms with van der Waals surface area (Å²) in [4.78, 5) is 13.0. The second-order valence-corrected chi connectivity index (χ2v) is 5.31. The average molecular weight is 260 g/mol. The Morgan fingerprint density at radius 2 is 2.16 bits per heavy atom. The molecule has 19 heavy (non-hydrogen) atoms. The molecule has 2 heterocycles. The maximum absolute atomic E-state index is 11.1. The maximum Gasteiger partial charge on any atom is 0.312 e. The minimum Gasteiger partial charge on any atom is -0.453 e. The van der Waals surface area contributed by atoms with E-state index >= 15 is 0 Å². The van der Waals surface area contributed by atoms with Gasteiger partial charge in [-0.1, -0.05) is 19.1 Å². The normalized spacial score (nSPS) is 23.5. The number of hydrogen-bond donors (Lipinski definition) is 0. The molecule has 0 unspecified atom stereocenters. The number of nitro groups is 1. The Balaban J connectivity index is 2.34. The molecular formula is C14H16N2O3. The summed E-state index contributed by atoms with van der Waals surface area (Å²) in [6, 6.07) is 5.35. The van der Waals surface area contributed by atoms with Crippen LogP contribution in [0.4, 0.5) is 5.69 Å². The van der Waals surface area contributed by atoms with Gasteiger partial charge in [0.15, 0.2) is 0 Å². The van der Waals surface area contributed by atoms with Crippen LogP contribution in [0.5, 0.6) is 0 Å². The number of furan rings is 1. The highest BCUT2D eigenvalue weighted by Gasteiger charge is 2.33. The monoisotopic (exact) mass is 260 g/mol. The van der Waals surface area contributed by atoms with Gasteiger partial charge < -0.3 is 4.42 Å². The molecule has 0 saturated heterocycles. The Labute approximate surface area is 111 Å². The lowest BCUT2D eigenvalue weighted by Gasteiger charge is -2.32. The summed E-state index contributed by atoms with van der Waals surface area (Å²) in [6.45, 7) is 5.11. The number of likely N-dealkylation sites (N-methyl/N-ethyl adjacent to an activating group) is 1. The van der Waals surface area contributed by atoms with Crippen molar-refractivity contribution < 1.29 is 9.34 Å². The number of rotatable bonds is 1. The molecule has 5 heteroatoms. The second-order valence-electron chi connectivity index (χ2n) is 5.31. The zero-order valence-electron chi connectivity index (χ0n) is 11.2. The first kappa shape index (κ1) is 12.2. The number of nitro benzene ring substituents is 1. The van der Waals surface area contributed by atoms with Gasteiger partial charge in [0.1, 0.15) is 5.76 Å². The Bertz CT molecular complexity index is 662. The predicted molar refractivity (Wildman–Crippen MR) is 72.3 cm³/mol. The average Bonchev–Trinajstić information content (AvgIpc) is 2.75. The van der Waals surface area contributed by atoms with Gasteiger partial charge in [-0.15, -0.1) is 0 Å². The van der Waals surface area contributed by atoms with Crippen molar-refractivity contribution in [3.63, 3.8) is 0 Å². The third kappa shape index (κ3) is 1.65. The summed E-state index contributed by atoms with van der Waals surface area (Å²) < 4.78 is 5.85. The Morgan fingerprint density at radius 3 is 2.84 bits per heavy atom. The zero-order valence-corrected chi connectivity index (χ0v) is 11.2. The Hall–Kier alpha value is -1.88. The summed E-state index contributed by atoms with van der Waals surface area (Å²) in [5.74, 6) is 1.15. The fourth-order valence-electron chi connectivity index (χ4n) is 2.98. The minimum atomic E-state index is -0.379. The number of hydrogen-bond acceptors (Lipinski definition) is 4. The molecule has 100 valence electrons. The van der Waals surface area contributed by atoms with Gasteiger partial charge in [-0.2, -0.15) is 0 Å². The smallest absolute Gasteiger partial charge is 0.312 e. The third-order valence-corrected chi connectivity index (χ3v) is 4.05. The number of benzene rings is 1. The number of non-ortho nitro benzene ring substituents is 1. The quantitative estimate of drug-likeness (QED) is 0.582. The van der Waals surface area contributed by atoms with Crippen molar-refractivity contribution in [2.75, 3.05) is 13.6 Å². The Morgan fingerprint density at radius 1 is 1.42 bits per heavy atom. The molecule has 0 radical (unpaired) electrons. The summed E-state index contributed by atoms with van der Waals surface area (Å²) in [5, 5.41) is 12.0. The molecule has 1 aromatic carbocycles. The first-order valence-electron chi connectivity index (χ1n) is 6.40. The predicted octanol–water partition coefficient (Wildman–Crippen LogP) is 3.45. The SMILES string of the molecule is C[C@@H]1CN(C)[C@H](C)c2c1oc1c([N+](=O)[O-])cccc21. The van der Waals surface area contributed by atoms with E-state index in [1.54, 1.807) is 6.07 Å². The molecule has 1 aromatic heterocycles. The van der Waals surface area contributed by atoms with Gasteiger partial charge >= 0.3 is 5.69 Å². The van der Waals surface area contributed by atoms with Gasteiger partial charge in [-0.25, -0.2) is 0 Å². The van der Waals surface area contributed by atoms with Crippen LogP contribution in [-0.2, 0) is 0 Å². The second kappa shape index (κ2) is 4.06. The van der Waals surface area contributed by atoms with Crippen LogP contribution in [0.15, 0.2) is 22.6 Å². The molecule has 0 bridgehead atoms. The lowest BCUT2D eigenvalue weighted by molar-refractivity contribution is -0.383. The molecule has 0 spiro atoms. The summed E-state index contributed by atoms with van der Waals surface area (Å²) in [7, 11) is 2.07. The van der Waals surface area contributed by atoms with Crippen LogP contribution in [0.1, 0.15) is 37.1 Å². The fourth-order valence-corrected chi connectivity index (χ4v) is 2.98. The third-order valence-electron chi connectivity index (χ3n) is 4.05. The van der Waals surface area contributed by atoms with Crippen LogP contribution in [0.2, 0.25) is 0 Å². The van der Waals surface area contributed by atoms with Crippen molar-refractivity contribution >= 4 is 16.7 Å². The van der Waals surface area contributed by atoms with Gasteiger partial charge in [-0.3, -0.25) is 15.0 Å². The first-order valence-corrected chi connectivity index (χ1v) is 6.40. The molecular weight excluding hydrogens is 244 g/mol. The molecule has 0 saturated carbocycles. The summed E-state index contributed by atoms with van der Waals surface area (Å²) in [5.41, 5.74) is 1.56. The lowest BCUT2D eigenvalue weighted by atomic mass is 9.92. The van der Waals surface area contributed by atoms with Crippen molar-refractivity contribution in [1.82, 2.24) is 4.90 Å². The van der Waals surface area contributed by atoms with E-state index < -0.39 is 0 Å². The van der Waals surface area contributed by atoms with E-state index in [2.05, 4.69) is 25.8 Å². The van der Waals surface area contributed by atoms with Gasteiger partial charge in [0, 0.05) is 35.5 Å². The van der Waals surface area contributed by atoms with Crippen molar-refractivity contribution in [3.8, 4) is 0 Å². The minimum absolute atomic E-state index is 0.0500. The van der Waals surface area contributed by atoms with Crippen LogP contribution >= 0.6 is 0 Å². The van der Waals surface area contributed by atoms with Gasteiger partial charge in [0.2, 0.25) is 5.58 Å². The molecule has 0 aliphatic carbocycles. The van der Waals surface area contributed by atoms with E-state index in [0.29, 0.717) is 5.58 Å². The highest BCUT2D eigenvalue weighted by atomic mass is 16.6. The van der Waals surface area contributed by atoms with Gasteiger partial charge in [0.25, 0.3) is 0 Å². The highest BCUT2D eigenvalue weighted by Crippen LogP contribution is 2.43. The molecule has 1 aliphatic heterocycles. The number of para-hydroxylation sites is 1. The lowest BCUT2D eigenvalue weighted by Crippen LogP contribution is -2.31. The van der Waals surface area contributed by atoms with Gasteiger partial charge in [-0.05, 0) is 14.0 Å². The van der Waals surface area contributed by atoms with Crippen molar-refractivity contribution in [2.24, 2.45) is 0 Å². The van der Waals surface area contributed by atoms with E-state index in [4.69, 9.17) is 4.42 Å². The van der Waals surface area contributed by atoms with Crippen LogP contribution in [0.25, 0.3) is 11.0 Å². The van der Waals surface area contributed by atoms with E-state index in [1.807, 2.05) is 6.07 Å². The molecule has 0 amide bonds. The van der Waals surface area contributed by atoms with E-state index in [0.717, 1.165) is 23.3 Å². The van der Waals surface area contributed by atoms with Crippen molar-refractivity contribution in [2.45, 2.75) is 25.8 Å². The largest absolute Gasteiger partial charge is 0.453 e. The summed E-state index contributed by atoms with van der Waals surface area (Å²) in [6.07, 6.45) is 0. The molecule has 5 nitrogen and oxygen atoms in total. The Kier molecular flexibility index (Phi) is 2.60. The molecule has 1 aliphatic rings. The topological polar surface area (TPSA) is 59.5 Å². The number of fused-ring (bicyclic) bond motifs is 3. The molecule has 2 atom stereocenters. The van der Waals surface area contributed by atoms with Crippen LogP contribution < -0.4 is 0 Å². The zero-order chi connectivity index (χ0) is 13.7. The van der Waals surface area contributed by atoms with Crippen molar-refractivity contribution in [1.29, 1.82) is 0 Å². The van der Waals surface area contributed by atoms with E-state index in [9.17, 15) is 10.1 Å². The van der Waals surface area contributed by atoms with E-state index in [1.165, 1.54) is 6.07 Å². The maximum atomic E-state index is 11.1. The molecule has 0 fully saturated rings. The summed E-state index contributed by atoms with van der Waals surface area (Å²) >= 11 is 0. The molecule has 3 rings (SSSR count). The van der Waals surface area contributed by atoms with E-state index in [-0.39, 0.29) is 22.6 Å². The standard InChI is InChI=1S/C14H16N2O3/c1-8-7-15(3)9(2)12-10-5-4-6-11(16(17)18)14(10)19-13(8)12/h4-6,8-9H,7H2,1-3H3/t8-,9-/m1/s1. The van der Waals surface area contributed by atoms with Crippen LogP contribution in [-0.4, -0.2) is 23.4 Å². The molecule has 2 aromatic rings.